The maximum absolute atomic E-state index is 11.9. The second kappa shape index (κ2) is 6.04. The van der Waals surface area contributed by atoms with E-state index in [4.69, 9.17) is 4.74 Å². The van der Waals surface area contributed by atoms with Crippen molar-refractivity contribution in [3.8, 4) is 0 Å². The number of likely N-dealkylation sites (tertiary alicyclic amines) is 1. The highest BCUT2D eigenvalue weighted by Gasteiger charge is 2.33. The van der Waals surface area contributed by atoms with Crippen molar-refractivity contribution in [2.24, 2.45) is 5.92 Å². The van der Waals surface area contributed by atoms with Crippen LogP contribution in [-0.4, -0.2) is 48.5 Å². The van der Waals surface area contributed by atoms with Gasteiger partial charge in [0.1, 0.15) is 17.3 Å². The summed E-state index contributed by atoms with van der Waals surface area (Å²) in [5, 5.41) is 0. The number of carbonyl (C=O) groups is 3. The zero-order valence-corrected chi connectivity index (χ0v) is 11.9. The Morgan fingerprint density at radius 3 is 2.42 bits per heavy atom. The van der Waals surface area contributed by atoms with Gasteiger partial charge in [-0.3, -0.25) is 9.59 Å². The first-order valence-corrected chi connectivity index (χ1v) is 6.33. The number of Topliss-reactive ketones (excluding diaryl/α,β-unsaturated/α-hetero) is 1. The topological polar surface area (TPSA) is 72.9 Å². The lowest BCUT2D eigenvalue weighted by Gasteiger charge is -2.26. The van der Waals surface area contributed by atoms with Crippen molar-refractivity contribution in [1.29, 1.82) is 0 Å². The monoisotopic (exact) mass is 271 g/mol. The van der Waals surface area contributed by atoms with Crippen molar-refractivity contribution in [3.05, 3.63) is 0 Å². The van der Waals surface area contributed by atoms with Gasteiger partial charge in [0.25, 0.3) is 0 Å². The van der Waals surface area contributed by atoms with Crippen molar-refractivity contribution in [3.63, 3.8) is 0 Å². The Labute approximate surface area is 113 Å². The molecule has 1 saturated heterocycles. The van der Waals surface area contributed by atoms with Gasteiger partial charge in [-0.25, -0.2) is 4.79 Å². The molecule has 0 radical (unpaired) electrons. The van der Waals surface area contributed by atoms with Gasteiger partial charge in [-0.15, -0.1) is 0 Å². The molecular formula is C13H21NO5. The van der Waals surface area contributed by atoms with Gasteiger partial charge in [0, 0.05) is 19.5 Å². The van der Waals surface area contributed by atoms with Crippen molar-refractivity contribution in [2.45, 2.75) is 39.2 Å². The van der Waals surface area contributed by atoms with E-state index in [1.165, 1.54) is 12.0 Å². The van der Waals surface area contributed by atoms with E-state index in [1.807, 2.05) is 0 Å². The summed E-state index contributed by atoms with van der Waals surface area (Å²) < 4.78 is 9.85. The van der Waals surface area contributed by atoms with Crippen LogP contribution in [-0.2, 0) is 19.1 Å². The molecule has 1 amide bonds. The van der Waals surface area contributed by atoms with Gasteiger partial charge in [0.15, 0.2) is 0 Å². The maximum atomic E-state index is 11.9. The van der Waals surface area contributed by atoms with E-state index in [0.717, 1.165) is 0 Å². The molecule has 0 N–H and O–H groups in total. The summed E-state index contributed by atoms with van der Waals surface area (Å²) in [6.45, 7) is 5.95. The van der Waals surface area contributed by atoms with Crippen LogP contribution in [0.3, 0.4) is 0 Å². The van der Waals surface area contributed by atoms with Gasteiger partial charge in [-0.05, 0) is 27.2 Å². The number of ether oxygens (including phenoxy) is 2. The number of carbonyl (C=O) groups excluding carboxylic acids is 3. The van der Waals surface area contributed by atoms with Crippen LogP contribution >= 0.6 is 0 Å². The summed E-state index contributed by atoms with van der Waals surface area (Å²) in [5.41, 5.74) is -0.574. The highest BCUT2D eigenvalue weighted by atomic mass is 16.6. The van der Waals surface area contributed by atoms with E-state index in [1.54, 1.807) is 20.8 Å². The molecule has 19 heavy (non-hydrogen) atoms. The Bertz CT molecular complexity index is 372. The van der Waals surface area contributed by atoms with E-state index in [2.05, 4.69) is 4.74 Å². The third-order valence-corrected chi connectivity index (χ3v) is 2.84. The molecule has 0 aromatic carbocycles. The molecule has 0 saturated carbocycles. The van der Waals surface area contributed by atoms with Crippen molar-refractivity contribution in [2.75, 3.05) is 20.2 Å². The second-order valence-electron chi connectivity index (χ2n) is 5.55. The minimum absolute atomic E-state index is 0.152. The number of esters is 1. The molecule has 0 aromatic rings. The minimum atomic E-state index is -0.766. The zero-order chi connectivity index (χ0) is 14.6. The van der Waals surface area contributed by atoms with Crippen LogP contribution in [0.1, 0.15) is 33.6 Å². The van der Waals surface area contributed by atoms with E-state index in [9.17, 15) is 14.4 Å². The average molecular weight is 271 g/mol. The second-order valence-corrected chi connectivity index (χ2v) is 5.55. The summed E-state index contributed by atoms with van der Waals surface area (Å²) in [7, 11) is 1.26. The molecule has 1 aliphatic rings. The minimum Gasteiger partial charge on any atom is -0.468 e. The SMILES string of the molecule is COC(=O)C1CCN(C(=O)OC(C)(C)C)CCC1=O. The van der Waals surface area contributed by atoms with E-state index < -0.39 is 23.6 Å². The van der Waals surface area contributed by atoms with Crippen LogP contribution in [0.5, 0.6) is 0 Å². The molecule has 0 aromatic heterocycles. The summed E-state index contributed by atoms with van der Waals surface area (Å²) in [4.78, 5) is 36.6. The van der Waals surface area contributed by atoms with Gasteiger partial charge in [-0.1, -0.05) is 0 Å². The number of hydrogen-bond donors (Lipinski definition) is 0. The molecule has 1 unspecified atom stereocenters. The number of methoxy groups -OCH3 is 1. The third kappa shape index (κ3) is 4.54. The first-order chi connectivity index (χ1) is 8.74. The fourth-order valence-corrected chi connectivity index (χ4v) is 1.88. The average Bonchev–Trinajstić information content (AvgIpc) is 2.48. The van der Waals surface area contributed by atoms with Crippen molar-refractivity contribution >= 4 is 17.8 Å². The molecule has 1 atom stereocenters. The third-order valence-electron chi connectivity index (χ3n) is 2.84. The lowest BCUT2D eigenvalue weighted by Crippen LogP contribution is -2.37. The van der Waals surface area contributed by atoms with Gasteiger partial charge in [-0.2, -0.15) is 0 Å². The van der Waals surface area contributed by atoms with Crippen LogP contribution in [0, 0.1) is 5.92 Å². The molecule has 0 bridgehead atoms. The summed E-state index contributed by atoms with van der Waals surface area (Å²) in [6.07, 6.45) is -0.0187. The quantitative estimate of drug-likeness (QED) is 0.532. The molecule has 108 valence electrons. The van der Waals surface area contributed by atoms with Crippen LogP contribution in [0.25, 0.3) is 0 Å². The Morgan fingerprint density at radius 1 is 1.26 bits per heavy atom. The van der Waals surface area contributed by atoms with Gasteiger partial charge >= 0.3 is 12.1 Å². The summed E-state index contributed by atoms with van der Waals surface area (Å²) in [6, 6.07) is 0. The standard InChI is InChI=1S/C13H21NO5/c1-13(2,3)19-12(17)14-7-5-9(11(16)18-4)10(15)6-8-14/h9H,5-8H2,1-4H3. The van der Waals surface area contributed by atoms with Gasteiger partial charge < -0.3 is 14.4 Å². The Balaban J connectivity index is 2.65. The summed E-state index contributed by atoms with van der Waals surface area (Å²) in [5.74, 6) is -1.48. The molecule has 1 fully saturated rings. The van der Waals surface area contributed by atoms with Crippen molar-refractivity contribution in [1.82, 2.24) is 4.90 Å². The first-order valence-electron chi connectivity index (χ1n) is 6.33. The van der Waals surface area contributed by atoms with Gasteiger partial charge in [0.05, 0.1) is 7.11 Å². The molecule has 6 heteroatoms. The number of amides is 1. The van der Waals surface area contributed by atoms with Crippen LogP contribution in [0.2, 0.25) is 0 Å². The maximum Gasteiger partial charge on any atom is 0.410 e. The lowest BCUT2D eigenvalue weighted by atomic mass is 10.00. The molecule has 0 aliphatic carbocycles. The fourth-order valence-electron chi connectivity index (χ4n) is 1.88. The molecular weight excluding hydrogens is 250 g/mol. The molecule has 0 spiro atoms. The largest absolute Gasteiger partial charge is 0.468 e. The summed E-state index contributed by atoms with van der Waals surface area (Å²) >= 11 is 0. The molecule has 1 heterocycles. The Hall–Kier alpha value is -1.59. The molecule has 1 rings (SSSR count). The van der Waals surface area contributed by atoms with E-state index >= 15 is 0 Å². The highest BCUT2D eigenvalue weighted by Crippen LogP contribution is 2.18. The van der Waals surface area contributed by atoms with Crippen LogP contribution in [0.15, 0.2) is 0 Å². The predicted molar refractivity (Wildman–Crippen MR) is 67.6 cm³/mol. The normalized spacial score (nSPS) is 20.7. The van der Waals surface area contributed by atoms with Crippen LogP contribution < -0.4 is 0 Å². The fraction of sp³-hybridized carbons (Fsp3) is 0.769. The Morgan fingerprint density at radius 2 is 1.89 bits per heavy atom. The Kier molecular flexibility index (Phi) is 4.91. The predicted octanol–water partition coefficient (Wildman–Crippen LogP) is 1.38. The van der Waals surface area contributed by atoms with E-state index in [0.29, 0.717) is 6.54 Å². The number of hydrogen-bond acceptors (Lipinski definition) is 5. The number of rotatable bonds is 1. The highest BCUT2D eigenvalue weighted by molar-refractivity contribution is 5.99. The number of nitrogens with zero attached hydrogens (tertiary/aromatic N) is 1. The van der Waals surface area contributed by atoms with Crippen LogP contribution in [0.4, 0.5) is 4.79 Å². The lowest BCUT2D eigenvalue weighted by molar-refractivity contribution is -0.149. The van der Waals surface area contributed by atoms with Gasteiger partial charge in [0.2, 0.25) is 0 Å². The number of ketones is 1. The van der Waals surface area contributed by atoms with Crippen molar-refractivity contribution < 1.29 is 23.9 Å². The smallest absolute Gasteiger partial charge is 0.410 e. The molecule has 6 nitrogen and oxygen atoms in total. The van der Waals surface area contributed by atoms with E-state index in [-0.39, 0.29) is 25.2 Å². The first kappa shape index (κ1) is 15.5. The zero-order valence-electron chi connectivity index (χ0n) is 11.9. The molecule has 1 aliphatic heterocycles.